The number of carbonyl (C=O) groups is 1. The van der Waals surface area contributed by atoms with E-state index in [1.165, 1.54) is 11.5 Å². The van der Waals surface area contributed by atoms with E-state index >= 15 is 0 Å². The summed E-state index contributed by atoms with van der Waals surface area (Å²) >= 11 is 1.42. The molecule has 1 aliphatic heterocycles. The van der Waals surface area contributed by atoms with Crippen molar-refractivity contribution >= 4 is 22.6 Å². The topological polar surface area (TPSA) is 75.4 Å². The van der Waals surface area contributed by atoms with Crippen molar-refractivity contribution in [3.8, 4) is 0 Å². The second-order valence-electron chi connectivity index (χ2n) is 5.66. The maximum Gasteiger partial charge on any atom is 0.253 e. The highest BCUT2D eigenvalue weighted by Crippen LogP contribution is 2.19. The van der Waals surface area contributed by atoms with Gasteiger partial charge in [0, 0.05) is 49.8 Å². The molecule has 2 heterocycles. The molecule has 0 atom stereocenters. The number of hydrogen-bond donors (Lipinski definition) is 1. The molecule has 3 rings (SSSR count). The molecular formula is C16H21N5OS. The predicted octanol–water partition coefficient (Wildman–Crippen LogP) is 1.66. The number of anilines is 1. The van der Waals surface area contributed by atoms with Crippen LogP contribution < -0.4 is 10.6 Å². The summed E-state index contributed by atoms with van der Waals surface area (Å²) in [6, 6.07) is 7.56. The Morgan fingerprint density at radius 1 is 1.22 bits per heavy atom. The number of amides is 1. The van der Waals surface area contributed by atoms with Crippen molar-refractivity contribution in [3.05, 3.63) is 41.2 Å². The van der Waals surface area contributed by atoms with E-state index in [2.05, 4.69) is 14.3 Å². The average molecular weight is 331 g/mol. The van der Waals surface area contributed by atoms with Gasteiger partial charge in [-0.25, -0.2) is 4.98 Å². The minimum atomic E-state index is 0.0869. The molecule has 1 saturated heterocycles. The lowest BCUT2D eigenvalue weighted by Crippen LogP contribution is -2.35. The average Bonchev–Trinajstić information content (AvgIpc) is 2.86. The van der Waals surface area contributed by atoms with Crippen LogP contribution in [-0.4, -0.2) is 46.3 Å². The van der Waals surface area contributed by atoms with Gasteiger partial charge in [0.1, 0.15) is 5.82 Å². The summed E-state index contributed by atoms with van der Waals surface area (Å²) in [6.45, 7) is 5.57. The van der Waals surface area contributed by atoms with Gasteiger partial charge >= 0.3 is 0 Å². The quantitative estimate of drug-likeness (QED) is 0.926. The highest BCUT2D eigenvalue weighted by molar-refractivity contribution is 7.09. The molecule has 0 unspecified atom stereocenters. The molecule has 1 aromatic heterocycles. The van der Waals surface area contributed by atoms with Crippen LogP contribution in [0.5, 0.6) is 0 Å². The molecule has 7 heteroatoms. The SMILES string of the molecule is Cc1nsc(N2CCCN(C(=O)c3ccc(CN)cc3)CC2)n1. The van der Waals surface area contributed by atoms with Crippen LogP contribution in [-0.2, 0) is 6.54 Å². The first-order chi connectivity index (χ1) is 11.2. The normalized spacial score (nSPS) is 15.6. The van der Waals surface area contributed by atoms with Crippen molar-refractivity contribution in [2.24, 2.45) is 5.73 Å². The van der Waals surface area contributed by atoms with E-state index in [0.717, 1.165) is 48.1 Å². The van der Waals surface area contributed by atoms with Crippen LogP contribution in [0.3, 0.4) is 0 Å². The molecule has 6 nitrogen and oxygen atoms in total. The Bertz CT molecular complexity index is 669. The van der Waals surface area contributed by atoms with Gasteiger partial charge in [0.2, 0.25) is 5.13 Å². The predicted molar refractivity (Wildman–Crippen MR) is 91.7 cm³/mol. The Morgan fingerprint density at radius 3 is 2.65 bits per heavy atom. The molecule has 122 valence electrons. The van der Waals surface area contributed by atoms with Crippen LogP contribution in [0.4, 0.5) is 5.13 Å². The zero-order chi connectivity index (χ0) is 16.2. The summed E-state index contributed by atoms with van der Waals surface area (Å²) in [5.74, 6) is 0.894. The highest BCUT2D eigenvalue weighted by atomic mass is 32.1. The third-order valence-electron chi connectivity index (χ3n) is 4.01. The van der Waals surface area contributed by atoms with E-state index in [0.29, 0.717) is 13.1 Å². The van der Waals surface area contributed by atoms with Crippen molar-refractivity contribution in [1.29, 1.82) is 0 Å². The van der Waals surface area contributed by atoms with Crippen molar-refractivity contribution in [3.63, 3.8) is 0 Å². The zero-order valence-electron chi connectivity index (χ0n) is 13.2. The van der Waals surface area contributed by atoms with Crippen LogP contribution in [0, 0.1) is 6.92 Å². The Morgan fingerprint density at radius 2 is 2.00 bits per heavy atom. The Balaban J connectivity index is 1.65. The number of nitrogens with zero attached hydrogens (tertiary/aromatic N) is 4. The number of hydrogen-bond acceptors (Lipinski definition) is 6. The number of aryl methyl sites for hydroxylation is 1. The van der Waals surface area contributed by atoms with Crippen molar-refractivity contribution < 1.29 is 4.79 Å². The smallest absolute Gasteiger partial charge is 0.253 e. The maximum atomic E-state index is 12.7. The molecule has 1 fully saturated rings. The summed E-state index contributed by atoms with van der Waals surface area (Å²) in [5, 5.41) is 0.948. The number of benzene rings is 1. The molecule has 1 aromatic carbocycles. The first-order valence-electron chi connectivity index (χ1n) is 7.81. The molecule has 0 saturated carbocycles. The van der Waals surface area contributed by atoms with Crippen molar-refractivity contribution in [1.82, 2.24) is 14.3 Å². The second-order valence-corrected chi connectivity index (χ2v) is 6.39. The summed E-state index contributed by atoms with van der Waals surface area (Å²) in [4.78, 5) is 21.2. The molecule has 2 N–H and O–H groups in total. The highest BCUT2D eigenvalue weighted by Gasteiger charge is 2.21. The number of carbonyl (C=O) groups excluding carboxylic acids is 1. The standard InChI is InChI=1S/C16H21N5OS/c1-12-18-16(23-19-12)21-8-2-7-20(9-10-21)15(22)14-5-3-13(11-17)4-6-14/h3-6H,2,7-11,17H2,1H3. The molecule has 0 radical (unpaired) electrons. The fourth-order valence-corrected chi connectivity index (χ4v) is 3.42. The third kappa shape index (κ3) is 3.68. The fraction of sp³-hybridized carbons (Fsp3) is 0.438. The Labute approximate surface area is 140 Å². The zero-order valence-corrected chi connectivity index (χ0v) is 14.1. The fourth-order valence-electron chi connectivity index (χ4n) is 2.69. The van der Waals surface area contributed by atoms with E-state index in [1.54, 1.807) is 0 Å². The van der Waals surface area contributed by atoms with Crippen LogP contribution >= 0.6 is 11.5 Å². The van der Waals surface area contributed by atoms with E-state index in [9.17, 15) is 4.79 Å². The monoisotopic (exact) mass is 331 g/mol. The summed E-state index contributed by atoms with van der Waals surface area (Å²) in [5.41, 5.74) is 7.36. The van der Waals surface area contributed by atoms with E-state index in [4.69, 9.17) is 5.73 Å². The van der Waals surface area contributed by atoms with Crippen molar-refractivity contribution in [2.45, 2.75) is 19.9 Å². The van der Waals surface area contributed by atoms with Crippen LogP contribution in [0.15, 0.2) is 24.3 Å². The van der Waals surface area contributed by atoms with E-state index in [1.807, 2.05) is 36.1 Å². The maximum absolute atomic E-state index is 12.7. The Kier molecular flexibility index (Phi) is 4.88. The Hall–Kier alpha value is -1.99. The van der Waals surface area contributed by atoms with Gasteiger partial charge in [0.15, 0.2) is 0 Å². The van der Waals surface area contributed by atoms with Gasteiger partial charge in [-0.15, -0.1) is 0 Å². The van der Waals surface area contributed by atoms with Gasteiger partial charge in [-0.05, 0) is 31.0 Å². The van der Waals surface area contributed by atoms with Gasteiger partial charge in [0.25, 0.3) is 5.91 Å². The van der Waals surface area contributed by atoms with E-state index in [-0.39, 0.29) is 5.91 Å². The molecule has 0 aliphatic carbocycles. The minimum absolute atomic E-state index is 0.0869. The van der Waals surface area contributed by atoms with Gasteiger partial charge in [-0.1, -0.05) is 12.1 Å². The lowest BCUT2D eigenvalue weighted by Gasteiger charge is -2.21. The number of aromatic nitrogens is 2. The summed E-state index contributed by atoms with van der Waals surface area (Å²) < 4.78 is 4.24. The molecule has 0 spiro atoms. The molecular weight excluding hydrogens is 310 g/mol. The first kappa shape index (κ1) is 15.9. The second kappa shape index (κ2) is 7.06. The third-order valence-corrected chi connectivity index (χ3v) is 4.88. The van der Waals surface area contributed by atoms with Gasteiger partial charge in [-0.2, -0.15) is 4.37 Å². The molecule has 23 heavy (non-hydrogen) atoms. The molecule has 0 bridgehead atoms. The van der Waals surface area contributed by atoms with Gasteiger partial charge in [0.05, 0.1) is 0 Å². The number of nitrogens with two attached hydrogens (primary N) is 1. The van der Waals surface area contributed by atoms with Gasteiger partial charge < -0.3 is 15.5 Å². The van der Waals surface area contributed by atoms with Gasteiger partial charge in [-0.3, -0.25) is 4.79 Å². The summed E-state index contributed by atoms with van der Waals surface area (Å²) in [6.07, 6.45) is 0.936. The largest absolute Gasteiger partial charge is 0.345 e. The van der Waals surface area contributed by atoms with E-state index < -0.39 is 0 Å². The number of rotatable bonds is 3. The lowest BCUT2D eigenvalue weighted by atomic mass is 10.1. The van der Waals surface area contributed by atoms with Crippen LogP contribution in [0.25, 0.3) is 0 Å². The molecule has 2 aromatic rings. The minimum Gasteiger partial charge on any atom is -0.345 e. The van der Waals surface area contributed by atoms with Crippen LogP contribution in [0.1, 0.15) is 28.2 Å². The molecule has 1 amide bonds. The molecule has 1 aliphatic rings. The lowest BCUT2D eigenvalue weighted by molar-refractivity contribution is 0.0767. The summed E-state index contributed by atoms with van der Waals surface area (Å²) in [7, 11) is 0. The van der Waals surface area contributed by atoms with Crippen LogP contribution in [0.2, 0.25) is 0 Å². The first-order valence-corrected chi connectivity index (χ1v) is 8.58. The van der Waals surface area contributed by atoms with Crippen molar-refractivity contribution in [2.75, 3.05) is 31.1 Å².